The van der Waals surface area contributed by atoms with E-state index in [0.717, 1.165) is 36.4 Å². The van der Waals surface area contributed by atoms with E-state index in [4.69, 9.17) is 9.47 Å². The fraction of sp³-hybridized carbons (Fsp3) is 0.533. The van der Waals surface area contributed by atoms with Gasteiger partial charge in [-0.3, -0.25) is 9.69 Å². The Bertz CT molecular complexity index is 476. The van der Waals surface area contributed by atoms with Gasteiger partial charge in [0.15, 0.2) is 0 Å². The van der Waals surface area contributed by atoms with Crippen molar-refractivity contribution in [2.45, 2.75) is 18.9 Å². The molecule has 0 bridgehead atoms. The van der Waals surface area contributed by atoms with Crippen LogP contribution in [0.15, 0.2) is 18.2 Å². The standard InChI is InChI=1S/C15H22N2O3/c1-16-15(18)10-17-8-4-5-13(17)12-7-6-11(19-2)9-14(12)20-3/h6-7,9,13H,4-5,8,10H2,1-3H3,(H,16,18). The maximum Gasteiger partial charge on any atom is 0.233 e. The Balaban J connectivity index is 2.22. The Hall–Kier alpha value is -1.75. The highest BCUT2D eigenvalue weighted by Crippen LogP contribution is 2.38. The molecule has 1 aliphatic rings. The number of carbonyl (C=O) groups is 1. The number of benzene rings is 1. The largest absolute Gasteiger partial charge is 0.497 e. The number of hydrogen-bond donors (Lipinski definition) is 1. The van der Waals surface area contributed by atoms with Gasteiger partial charge in [-0.2, -0.15) is 0 Å². The average molecular weight is 278 g/mol. The van der Waals surface area contributed by atoms with Gasteiger partial charge in [0.25, 0.3) is 0 Å². The molecule has 1 saturated heterocycles. The molecule has 5 nitrogen and oxygen atoms in total. The number of methoxy groups -OCH3 is 2. The van der Waals surface area contributed by atoms with Crippen molar-refractivity contribution in [1.29, 1.82) is 0 Å². The lowest BCUT2D eigenvalue weighted by atomic mass is 10.0. The third-order valence-corrected chi connectivity index (χ3v) is 3.79. The minimum Gasteiger partial charge on any atom is -0.497 e. The Morgan fingerprint density at radius 2 is 2.20 bits per heavy atom. The van der Waals surface area contributed by atoms with E-state index in [1.54, 1.807) is 21.3 Å². The second-order valence-corrected chi connectivity index (χ2v) is 4.91. The van der Waals surface area contributed by atoms with Crippen LogP contribution >= 0.6 is 0 Å². The Morgan fingerprint density at radius 1 is 1.40 bits per heavy atom. The monoisotopic (exact) mass is 278 g/mol. The summed E-state index contributed by atoms with van der Waals surface area (Å²) in [5, 5.41) is 2.68. The SMILES string of the molecule is CNC(=O)CN1CCCC1c1ccc(OC)cc1OC. The molecule has 1 atom stereocenters. The first kappa shape index (κ1) is 14.7. The van der Waals surface area contributed by atoms with Crippen molar-refractivity contribution in [2.24, 2.45) is 0 Å². The van der Waals surface area contributed by atoms with Crippen LogP contribution in [-0.2, 0) is 4.79 Å². The summed E-state index contributed by atoms with van der Waals surface area (Å²) in [5.74, 6) is 1.64. The molecule has 110 valence electrons. The van der Waals surface area contributed by atoms with Gasteiger partial charge < -0.3 is 14.8 Å². The van der Waals surface area contributed by atoms with Gasteiger partial charge in [0, 0.05) is 24.7 Å². The Kier molecular flexibility index (Phi) is 4.84. The number of carbonyl (C=O) groups excluding carboxylic acids is 1. The molecule has 2 rings (SSSR count). The van der Waals surface area contributed by atoms with E-state index in [1.807, 2.05) is 18.2 Å². The molecule has 0 radical (unpaired) electrons. The molecule has 1 amide bonds. The van der Waals surface area contributed by atoms with Crippen molar-refractivity contribution in [1.82, 2.24) is 10.2 Å². The van der Waals surface area contributed by atoms with Crippen LogP contribution in [0, 0.1) is 0 Å². The van der Waals surface area contributed by atoms with Crippen molar-refractivity contribution >= 4 is 5.91 Å². The van der Waals surface area contributed by atoms with Gasteiger partial charge >= 0.3 is 0 Å². The zero-order valence-electron chi connectivity index (χ0n) is 12.3. The summed E-state index contributed by atoms with van der Waals surface area (Å²) < 4.78 is 10.7. The molecule has 1 heterocycles. The topological polar surface area (TPSA) is 50.8 Å². The third-order valence-electron chi connectivity index (χ3n) is 3.79. The number of rotatable bonds is 5. The van der Waals surface area contributed by atoms with Gasteiger partial charge in [-0.15, -0.1) is 0 Å². The average Bonchev–Trinajstić information content (AvgIpc) is 2.94. The smallest absolute Gasteiger partial charge is 0.233 e. The molecule has 20 heavy (non-hydrogen) atoms. The van der Waals surface area contributed by atoms with Gasteiger partial charge in [-0.25, -0.2) is 0 Å². The van der Waals surface area contributed by atoms with Crippen molar-refractivity contribution in [3.05, 3.63) is 23.8 Å². The quantitative estimate of drug-likeness (QED) is 0.888. The van der Waals surface area contributed by atoms with E-state index in [2.05, 4.69) is 10.2 Å². The van der Waals surface area contributed by atoms with Crippen LogP contribution < -0.4 is 14.8 Å². The lowest BCUT2D eigenvalue weighted by Gasteiger charge is -2.25. The second kappa shape index (κ2) is 6.61. The van der Waals surface area contributed by atoms with Crippen molar-refractivity contribution in [2.75, 3.05) is 34.4 Å². The molecule has 0 aromatic heterocycles. The zero-order chi connectivity index (χ0) is 14.5. The van der Waals surface area contributed by atoms with Crippen molar-refractivity contribution in [3.63, 3.8) is 0 Å². The third kappa shape index (κ3) is 3.04. The van der Waals surface area contributed by atoms with Crippen LogP contribution in [0.3, 0.4) is 0 Å². The zero-order valence-corrected chi connectivity index (χ0v) is 12.3. The molecule has 0 aliphatic carbocycles. The molecular formula is C15H22N2O3. The normalized spacial score (nSPS) is 18.9. The van der Waals surface area contributed by atoms with Crippen LogP contribution in [0.5, 0.6) is 11.5 Å². The van der Waals surface area contributed by atoms with Crippen LogP contribution in [0.1, 0.15) is 24.4 Å². The number of amides is 1. The van der Waals surface area contributed by atoms with Crippen LogP contribution in [0.2, 0.25) is 0 Å². The van der Waals surface area contributed by atoms with E-state index in [9.17, 15) is 4.79 Å². The molecule has 1 unspecified atom stereocenters. The maximum atomic E-state index is 11.6. The highest BCUT2D eigenvalue weighted by atomic mass is 16.5. The first-order valence-corrected chi connectivity index (χ1v) is 6.86. The molecule has 1 N–H and O–H groups in total. The molecule has 1 fully saturated rings. The number of nitrogens with one attached hydrogen (secondary N) is 1. The van der Waals surface area contributed by atoms with Gasteiger partial charge in [0.2, 0.25) is 5.91 Å². The number of hydrogen-bond acceptors (Lipinski definition) is 4. The number of nitrogens with zero attached hydrogens (tertiary/aromatic N) is 1. The van der Waals surface area contributed by atoms with E-state index in [1.165, 1.54) is 0 Å². The van der Waals surface area contributed by atoms with Crippen molar-refractivity contribution in [3.8, 4) is 11.5 Å². The lowest BCUT2D eigenvalue weighted by molar-refractivity contribution is -0.122. The fourth-order valence-corrected chi connectivity index (χ4v) is 2.72. The minimum absolute atomic E-state index is 0.0457. The van der Waals surface area contributed by atoms with E-state index >= 15 is 0 Å². The molecule has 0 spiro atoms. The van der Waals surface area contributed by atoms with Crippen LogP contribution in [0.4, 0.5) is 0 Å². The summed E-state index contributed by atoms with van der Waals surface area (Å²) >= 11 is 0. The number of ether oxygens (including phenoxy) is 2. The summed E-state index contributed by atoms with van der Waals surface area (Å²) in [6.07, 6.45) is 2.14. The number of likely N-dealkylation sites (tertiary alicyclic amines) is 1. The predicted octanol–water partition coefficient (Wildman–Crippen LogP) is 1.59. The maximum absolute atomic E-state index is 11.6. The van der Waals surface area contributed by atoms with Gasteiger partial charge in [-0.1, -0.05) is 6.07 Å². The minimum atomic E-state index is 0.0457. The summed E-state index contributed by atoms with van der Waals surface area (Å²) in [6.45, 7) is 1.36. The highest BCUT2D eigenvalue weighted by molar-refractivity contribution is 5.77. The van der Waals surface area contributed by atoms with Crippen LogP contribution in [0.25, 0.3) is 0 Å². The highest BCUT2D eigenvalue weighted by Gasteiger charge is 2.29. The molecular weight excluding hydrogens is 256 g/mol. The van der Waals surface area contributed by atoms with E-state index in [-0.39, 0.29) is 11.9 Å². The van der Waals surface area contributed by atoms with Gasteiger partial charge in [0.05, 0.1) is 20.8 Å². The molecule has 1 aromatic rings. The van der Waals surface area contributed by atoms with Gasteiger partial charge in [-0.05, 0) is 25.5 Å². The molecule has 5 heteroatoms. The lowest BCUT2D eigenvalue weighted by Crippen LogP contribution is -2.35. The number of likely N-dealkylation sites (N-methyl/N-ethyl adjacent to an activating group) is 1. The first-order chi connectivity index (χ1) is 9.69. The van der Waals surface area contributed by atoms with E-state index < -0.39 is 0 Å². The molecule has 1 aliphatic heterocycles. The Labute approximate surface area is 119 Å². The van der Waals surface area contributed by atoms with Crippen LogP contribution in [-0.4, -0.2) is 45.2 Å². The summed E-state index contributed by atoms with van der Waals surface area (Å²) in [4.78, 5) is 13.8. The first-order valence-electron chi connectivity index (χ1n) is 6.86. The molecule has 0 saturated carbocycles. The molecule has 1 aromatic carbocycles. The summed E-state index contributed by atoms with van der Waals surface area (Å²) in [7, 11) is 4.97. The predicted molar refractivity (Wildman–Crippen MR) is 77.2 cm³/mol. The van der Waals surface area contributed by atoms with Gasteiger partial charge in [0.1, 0.15) is 11.5 Å². The fourth-order valence-electron chi connectivity index (χ4n) is 2.72. The van der Waals surface area contributed by atoms with E-state index in [0.29, 0.717) is 6.54 Å². The van der Waals surface area contributed by atoms with Crippen molar-refractivity contribution < 1.29 is 14.3 Å². The summed E-state index contributed by atoms with van der Waals surface area (Å²) in [5.41, 5.74) is 1.12. The second-order valence-electron chi connectivity index (χ2n) is 4.91. The summed E-state index contributed by atoms with van der Waals surface area (Å²) in [6, 6.07) is 6.10. The Morgan fingerprint density at radius 3 is 2.85 bits per heavy atom.